The van der Waals surface area contributed by atoms with Gasteiger partial charge < -0.3 is 4.74 Å². The van der Waals surface area contributed by atoms with Gasteiger partial charge in [-0.2, -0.15) is 0 Å². The van der Waals surface area contributed by atoms with E-state index in [9.17, 15) is 0 Å². The molecule has 0 aliphatic carbocycles. The maximum absolute atomic E-state index is 6.15. The summed E-state index contributed by atoms with van der Waals surface area (Å²) in [7, 11) is 0. The van der Waals surface area contributed by atoms with Gasteiger partial charge in [-0.25, -0.2) is 0 Å². The Morgan fingerprint density at radius 2 is 1.61 bits per heavy atom. The van der Waals surface area contributed by atoms with Crippen LogP contribution in [0, 0.1) is 0 Å². The minimum absolute atomic E-state index is 0.0109. The fraction of sp³-hybridized carbons (Fsp3) is 1.00. The molecule has 0 aromatic carbocycles. The molecule has 2 atom stereocenters. The zero-order valence-corrected chi connectivity index (χ0v) is 13.0. The lowest BCUT2D eigenvalue weighted by atomic mass is 10.0. The number of rotatable bonds is 1. The van der Waals surface area contributed by atoms with Gasteiger partial charge in [-0.3, -0.25) is 9.80 Å². The molecule has 3 heteroatoms. The van der Waals surface area contributed by atoms with Gasteiger partial charge >= 0.3 is 0 Å². The van der Waals surface area contributed by atoms with E-state index in [1.165, 1.54) is 26.1 Å². The van der Waals surface area contributed by atoms with Gasteiger partial charge in [0.05, 0.1) is 11.7 Å². The van der Waals surface area contributed by atoms with Crippen LogP contribution in [0.5, 0.6) is 0 Å². The Bertz CT molecular complexity index is 290. The van der Waals surface area contributed by atoms with Gasteiger partial charge in [0.1, 0.15) is 0 Å². The van der Waals surface area contributed by atoms with Crippen molar-refractivity contribution < 1.29 is 4.74 Å². The van der Waals surface area contributed by atoms with Gasteiger partial charge in [-0.15, -0.1) is 0 Å². The Morgan fingerprint density at radius 1 is 0.944 bits per heavy atom. The van der Waals surface area contributed by atoms with E-state index in [-0.39, 0.29) is 5.60 Å². The first-order valence-corrected chi connectivity index (χ1v) is 7.32. The van der Waals surface area contributed by atoms with Crippen molar-refractivity contribution in [2.24, 2.45) is 0 Å². The summed E-state index contributed by atoms with van der Waals surface area (Å²) in [6.45, 7) is 18.2. The van der Waals surface area contributed by atoms with E-state index >= 15 is 0 Å². The van der Waals surface area contributed by atoms with Crippen LogP contribution in [-0.4, -0.2) is 59.3 Å². The molecule has 3 nitrogen and oxygen atoms in total. The fourth-order valence-corrected chi connectivity index (χ4v) is 3.19. The van der Waals surface area contributed by atoms with E-state index in [4.69, 9.17) is 4.74 Å². The molecule has 0 spiro atoms. The lowest BCUT2D eigenvalue weighted by molar-refractivity contribution is -0.0539. The monoisotopic (exact) mass is 254 g/mol. The highest BCUT2D eigenvalue weighted by Crippen LogP contribution is 2.29. The number of ether oxygens (including phenoxy) is 1. The van der Waals surface area contributed by atoms with Crippen molar-refractivity contribution in [2.45, 2.75) is 71.2 Å². The molecule has 2 aliphatic rings. The van der Waals surface area contributed by atoms with E-state index in [0.717, 1.165) is 6.54 Å². The van der Waals surface area contributed by atoms with E-state index in [1.807, 2.05) is 0 Å². The molecule has 0 aromatic heterocycles. The number of hydrogen-bond acceptors (Lipinski definition) is 3. The summed E-state index contributed by atoms with van der Waals surface area (Å²) < 4.78 is 6.15. The fourth-order valence-electron chi connectivity index (χ4n) is 3.19. The molecule has 2 fully saturated rings. The average Bonchev–Trinajstić information content (AvgIpc) is 2.53. The number of nitrogens with zero attached hydrogens (tertiary/aromatic N) is 2. The third-order valence-corrected chi connectivity index (χ3v) is 4.05. The Morgan fingerprint density at radius 3 is 2.17 bits per heavy atom. The zero-order chi connectivity index (χ0) is 13.6. The van der Waals surface area contributed by atoms with Gasteiger partial charge in [0.15, 0.2) is 0 Å². The van der Waals surface area contributed by atoms with Crippen molar-refractivity contribution in [3.63, 3.8) is 0 Å². The number of fused-ring (bicyclic) bond motifs is 1. The quantitative estimate of drug-likeness (QED) is 0.714. The van der Waals surface area contributed by atoms with Crippen molar-refractivity contribution >= 4 is 0 Å². The molecular weight excluding hydrogens is 224 g/mol. The second kappa shape index (κ2) is 4.77. The van der Waals surface area contributed by atoms with Crippen molar-refractivity contribution in [3.8, 4) is 0 Å². The minimum Gasteiger partial charge on any atom is -0.371 e. The van der Waals surface area contributed by atoms with Gasteiger partial charge in [-0.1, -0.05) is 0 Å². The van der Waals surface area contributed by atoms with Crippen molar-refractivity contribution in [1.29, 1.82) is 0 Å². The molecule has 2 saturated heterocycles. The van der Waals surface area contributed by atoms with Crippen LogP contribution in [0.15, 0.2) is 0 Å². The molecule has 18 heavy (non-hydrogen) atoms. The Labute approximate surface area is 112 Å². The molecule has 0 radical (unpaired) electrons. The standard InChI is InChI=1S/C15H30N2O/c1-14(2,3)17-8-7-16-11-13(9-12(16)10-17)18-15(4,5)6/h12-13H,7-11H2,1-6H3. The average molecular weight is 254 g/mol. The Kier molecular flexibility index (Phi) is 3.79. The molecule has 0 N–H and O–H groups in total. The molecule has 2 heterocycles. The SMILES string of the molecule is CC(C)(C)OC1CC2CN(C(C)(C)C)CCN2C1. The molecule has 106 valence electrons. The molecule has 0 saturated carbocycles. The summed E-state index contributed by atoms with van der Waals surface area (Å²) in [5.41, 5.74) is 0.290. The summed E-state index contributed by atoms with van der Waals surface area (Å²) in [5, 5.41) is 0. The molecule has 2 rings (SSSR count). The summed E-state index contributed by atoms with van der Waals surface area (Å²) in [6, 6.07) is 0.699. The van der Waals surface area contributed by atoms with Crippen LogP contribution in [0.4, 0.5) is 0 Å². The zero-order valence-electron chi connectivity index (χ0n) is 13.0. The van der Waals surface area contributed by atoms with Crippen LogP contribution in [0.3, 0.4) is 0 Å². The van der Waals surface area contributed by atoms with Crippen LogP contribution in [0.1, 0.15) is 48.0 Å². The van der Waals surface area contributed by atoms with Crippen molar-refractivity contribution in [3.05, 3.63) is 0 Å². The summed E-state index contributed by atoms with van der Waals surface area (Å²) in [5.74, 6) is 0. The number of hydrogen-bond donors (Lipinski definition) is 0. The van der Waals surface area contributed by atoms with Crippen molar-refractivity contribution in [2.75, 3.05) is 26.2 Å². The first-order chi connectivity index (χ1) is 8.15. The summed E-state index contributed by atoms with van der Waals surface area (Å²) >= 11 is 0. The maximum atomic E-state index is 6.15. The lowest BCUT2D eigenvalue weighted by Crippen LogP contribution is -2.56. The first kappa shape index (κ1) is 14.3. The largest absolute Gasteiger partial charge is 0.371 e. The van der Waals surface area contributed by atoms with Gasteiger partial charge in [-0.05, 0) is 48.0 Å². The normalized spacial score (nSPS) is 31.7. The van der Waals surface area contributed by atoms with E-state index in [1.54, 1.807) is 0 Å². The summed E-state index contributed by atoms with van der Waals surface area (Å²) in [6.07, 6.45) is 1.62. The van der Waals surface area contributed by atoms with Gasteiger partial charge in [0.2, 0.25) is 0 Å². The Hall–Kier alpha value is -0.120. The number of piperazine rings is 1. The summed E-state index contributed by atoms with van der Waals surface area (Å²) in [4.78, 5) is 5.24. The highest BCUT2D eigenvalue weighted by atomic mass is 16.5. The third-order valence-electron chi connectivity index (χ3n) is 4.05. The second-order valence-electron chi connectivity index (χ2n) is 7.85. The molecule has 2 aliphatic heterocycles. The van der Waals surface area contributed by atoms with E-state index < -0.39 is 0 Å². The van der Waals surface area contributed by atoms with E-state index in [0.29, 0.717) is 17.7 Å². The van der Waals surface area contributed by atoms with Crippen LogP contribution in [0.2, 0.25) is 0 Å². The third kappa shape index (κ3) is 3.46. The smallest absolute Gasteiger partial charge is 0.0724 e. The Balaban J connectivity index is 1.91. The predicted octanol–water partition coefficient (Wildman–Crippen LogP) is 2.36. The van der Waals surface area contributed by atoms with Crippen LogP contribution in [-0.2, 0) is 4.74 Å². The highest BCUT2D eigenvalue weighted by Gasteiger charge is 2.40. The lowest BCUT2D eigenvalue weighted by Gasteiger charge is -2.44. The van der Waals surface area contributed by atoms with Crippen LogP contribution < -0.4 is 0 Å². The predicted molar refractivity (Wildman–Crippen MR) is 75.9 cm³/mol. The van der Waals surface area contributed by atoms with E-state index in [2.05, 4.69) is 51.3 Å². The van der Waals surface area contributed by atoms with Gasteiger partial charge in [0, 0.05) is 37.8 Å². The molecule has 0 bridgehead atoms. The maximum Gasteiger partial charge on any atom is 0.0724 e. The van der Waals surface area contributed by atoms with Crippen LogP contribution in [0.25, 0.3) is 0 Å². The molecule has 0 aromatic rings. The van der Waals surface area contributed by atoms with Crippen molar-refractivity contribution in [1.82, 2.24) is 9.80 Å². The minimum atomic E-state index is -0.0109. The first-order valence-electron chi connectivity index (χ1n) is 7.32. The molecular formula is C15H30N2O. The second-order valence-corrected chi connectivity index (χ2v) is 7.85. The highest BCUT2D eigenvalue weighted by molar-refractivity contribution is 4.95. The topological polar surface area (TPSA) is 15.7 Å². The van der Waals surface area contributed by atoms with Crippen LogP contribution >= 0.6 is 0 Å². The molecule has 0 amide bonds. The van der Waals surface area contributed by atoms with Gasteiger partial charge in [0.25, 0.3) is 0 Å². The molecule has 2 unspecified atom stereocenters.